The Morgan fingerprint density at radius 3 is 2.76 bits per heavy atom. The van der Waals surface area contributed by atoms with Crippen LogP contribution in [-0.4, -0.2) is 19.1 Å². The van der Waals surface area contributed by atoms with Crippen LogP contribution in [0.15, 0.2) is 24.3 Å². The van der Waals surface area contributed by atoms with Gasteiger partial charge < -0.3 is 15.8 Å². The molecule has 1 aromatic carbocycles. The van der Waals surface area contributed by atoms with Gasteiger partial charge in [-0.05, 0) is 18.6 Å². The zero-order valence-electron chi connectivity index (χ0n) is 9.94. The maximum Gasteiger partial charge on any atom is 0.250 e. The van der Waals surface area contributed by atoms with Gasteiger partial charge in [0.1, 0.15) is 6.61 Å². The molecule has 0 bridgehead atoms. The van der Waals surface area contributed by atoms with E-state index in [-0.39, 0.29) is 24.9 Å². The number of nitrogens with one attached hydrogen (secondary N) is 1. The molecule has 17 heavy (non-hydrogen) atoms. The Labute approximate surface area is 108 Å². The fourth-order valence-corrected chi connectivity index (χ4v) is 1.21. The van der Waals surface area contributed by atoms with Gasteiger partial charge in [0.15, 0.2) is 0 Å². The molecule has 3 N–H and O–H groups in total. The van der Waals surface area contributed by atoms with Gasteiger partial charge in [0.2, 0.25) is 5.91 Å². The molecule has 5 heteroatoms. The molecule has 1 rings (SSSR count). The minimum Gasteiger partial charge on any atom is -0.397 e. The molecule has 0 aliphatic carbocycles. The molecular formula is C12H19ClN2O2. The number of nitrogen functional groups attached to an aromatic ring is 1. The van der Waals surface area contributed by atoms with E-state index >= 15 is 0 Å². The van der Waals surface area contributed by atoms with Gasteiger partial charge in [-0.3, -0.25) is 4.79 Å². The van der Waals surface area contributed by atoms with E-state index in [1.54, 1.807) is 12.1 Å². The molecule has 4 nitrogen and oxygen atoms in total. The summed E-state index contributed by atoms with van der Waals surface area (Å²) < 4.78 is 5.20. The molecule has 0 unspecified atom stereocenters. The van der Waals surface area contributed by atoms with Crippen LogP contribution >= 0.6 is 12.4 Å². The molecule has 0 aliphatic heterocycles. The summed E-state index contributed by atoms with van der Waals surface area (Å²) in [6.07, 6.45) is 2.04. The summed E-state index contributed by atoms with van der Waals surface area (Å²) in [6.45, 7) is 2.77. The van der Waals surface area contributed by atoms with E-state index in [0.29, 0.717) is 18.0 Å². The number of benzene rings is 1. The van der Waals surface area contributed by atoms with E-state index in [9.17, 15) is 4.79 Å². The topological polar surface area (TPSA) is 64.3 Å². The summed E-state index contributed by atoms with van der Waals surface area (Å²) in [5.41, 5.74) is 6.88. The number of hydrogen-bond acceptors (Lipinski definition) is 3. The summed E-state index contributed by atoms with van der Waals surface area (Å²) in [6, 6.07) is 7.15. The zero-order chi connectivity index (χ0) is 11.8. The highest BCUT2D eigenvalue weighted by Crippen LogP contribution is 2.16. The number of amides is 1. The highest BCUT2D eigenvalue weighted by molar-refractivity contribution is 5.94. The highest BCUT2D eigenvalue weighted by Gasteiger charge is 2.04. The Balaban J connectivity index is 0.00000256. The quantitative estimate of drug-likeness (QED) is 0.609. The van der Waals surface area contributed by atoms with Crippen molar-refractivity contribution in [2.24, 2.45) is 0 Å². The first-order valence-corrected chi connectivity index (χ1v) is 5.46. The van der Waals surface area contributed by atoms with Crippen LogP contribution in [-0.2, 0) is 9.53 Å². The van der Waals surface area contributed by atoms with Crippen molar-refractivity contribution >= 4 is 29.7 Å². The first-order chi connectivity index (χ1) is 7.74. The number of halogens is 1. The van der Waals surface area contributed by atoms with Gasteiger partial charge in [-0.25, -0.2) is 0 Å². The summed E-state index contributed by atoms with van der Waals surface area (Å²) in [5.74, 6) is -0.172. The Hall–Kier alpha value is -1.26. The van der Waals surface area contributed by atoms with E-state index < -0.39 is 0 Å². The summed E-state index contributed by atoms with van der Waals surface area (Å²) in [4.78, 5) is 11.4. The average Bonchev–Trinajstić information content (AvgIpc) is 2.28. The number of rotatable bonds is 6. The third-order valence-corrected chi connectivity index (χ3v) is 2.11. The van der Waals surface area contributed by atoms with Crippen molar-refractivity contribution in [3.63, 3.8) is 0 Å². The lowest BCUT2D eigenvalue weighted by molar-refractivity contribution is -0.120. The van der Waals surface area contributed by atoms with E-state index in [1.807, 2.05) is 12.1 Å². The van der Waals surface area contributed by atoms with Gasteiger partial charge in [0, 0.05) is 6.61 Å². The van der Waals surface area contributed by atoms with E-state index in [4.69, 9.17) is 10.5 Å². The number of carbonyl (C=O) groups excluding carboxylic acids is 1. The second kappa shape index (κ2) is 8.84. The Morgan fingerprint density at radius 1 is 1.41 bits per heavy atom. The fraction of sp³-hybridized carbons (Fsp3) is 0.417. The summed E-state index contributed by atoms with van der Waals surface area (Å²) in [7, 11) is 0. The van der Waals surface area contributed by atoms with Crippen molar-refractivity contribution in [2.75, 3.05) is 24.3 Å². The van der Waals surface area contributed by atoms with Crippen molar-refractivity contribution in [1.82, 2.24) is 0 Å². The lowest BCUT2D eigenvalue weighted by Gasteiger charge is -2.07. The summed E-state index contributed by atoms with van der Waals surface area (Å²) >= 11 is 0. The SMILES string of the molecule is CCCCOCC(=O)Nc1ccccc1N.Cl. The maximum absolute atomic E-state index is 11.4. The molecule has 0 aromatic heterocycles. The first kappa shape index (κ1) is 15.7. The van der Waals surface area contributed by atoms with Crippen LogP contribution < -0.4 is 11.1 Å². The lowest BCUT2D eigenvalue weighted by Crippen LogP contribution is -2.19. The van der Waals surface area contributed by atoms with Crippen molar-refractivity contribution in [3.05, 3.63) is 24.3 Å². The Kier molecular flexibility index (Phi) is 8.19. The number of unbranched alkanes of at least 4 members (excludes halogenated alkanes) is 1. The minimum atomic E-state index is -0.172. The van der Waals surface area contributed by atoms with Gasteiger partial charge >= 0.3 is 0 Å². The molecule has 1 aromatic rings. The molecule has 1 amide bonds. The Morgan fingerprint density at radius 2 is 2.12 bits per heavy atom. The molecule has 0 saturated carbocycles. The lowest BCUT2D eigenvalue weighted by atomic mass is 10.3. The molecule has 0 spiro atoms. The van der Waals surface area contributed by atoms with Gasteiger partial charge in [-0.15, -0.1) is 12.4 Å². The zero-order valence-corrected chi connectivity index (χ0v) is 10.8. The van der Waals surface area contributed by atoms with Crippen LogP contribution in [0.2, 0.25) is 0 Å². The fourth-order valence-electron chi connectivity index (χ4n) is 1.21. The highest BCUT2D eigenvalue weighted by atomic mass is 35.5. The molecular weight excluding hydrogens is 240 g/mol. The number of para-hydroxylation sites is 2. The molecule has 0 aliphatic rings. The van der Waals surface area contributed by atoms with Crippen LogP contribution in [0.4, 0.5) is 11.4 Å². The predicted molar refractivity (Wildman–Crippen MR) is 72.5 cm³/mol. The number of carbonyl (C=O) groups is 1. The predicted octanol–water partition coefficient (Wildman–Crippen LogP) is 2.45. The van der Waals surface area contributed by atoms with Gasteiger partial charge in [-0.2, -0.15) is 0 Å². The van der Waals surface area contributed by atoms with Crippen LogP contribution in [0.3, 0.4) is 0 Å². The van der Waals surface area contributed by atoms with E-state index in [2.05, 4.69) is 12.2 Å². The smallest absolute Gasteiger partial charge is 0.250 e. The van der Waals surface area contributed by atoms with Gasteiger partial charge in [-0.1, -0.05) is 25.5 Å². The number of nitrogens with two attached hydrogens (primary N) is 1. The van der Waals surface area contributed by atoms with Crippen molar-refractivity contribution in [2.45, 2.75) is 19.8 Å². The number of ether oxygens (including phenoxy) is 1. The molecule has 0 heterocycles. The average molecular weight is 259 g/mol. The third kappa shape index (κ3) is 6.14. The second-order valence-electron chi connectivity index (χ2n) is 3.54. The van der Waals surface area contributed by atoms with E-state index in [1.165, 1.54) is 0 Å². The molecule has 96 valence electrons. The first-order valence-electron chi connectivity index (χ1n) is 5.46. The molecule has 0 radical (unpaired) electrons. The van der Waals surface area contributed by atoms with E-state index in [0.717, 1.165) is 12.8 Å². The second-order valence-corrected chi connectivity index (χ2v) is 3.54. The summed E-state index contributed by atoms with van der Waals surface area (Å²) in [5, 5.41) is 2.70. The van der Waals surface area contributed by atoms with Crippen molar-refractivity contribution in [3.8, 4) is 0 Å². The standard InChI is InChI=1S/C12H18N2O2.ClH/c1-2-3-8-16-9-12(15)14-11-7-5-4-6-10(11)13;/h4-7H,2-3,8-9,13H2,1H3,(H,14,15);1H. The van der Waals surface area contributed by atoms with Crippen LogP contribution in [0, 0.1) is 0 Å². The number of anilines is 2. The number of hydrogen-bond donors (Lipinski definition) is 2. The van der Waals surface area contributed by atoms with Crippen molar-refractivity contribution < 1.29 is 9.53 Å². The van der Waals surface area contributed by atoms with Crippen LogP contribution in [0.25, 0.3) is 0 Å². The monoisotopic (exact) mass is 258 g/mol. The third-order valence-electron chi connectivity index (χ3n) is 2.11. The molecule has 0 fully saturated rings. The van der Waals surface area contributed by atoms with Gasteiger partial charge in [0.25, 0.3) is 0 Å². The van der Waals surface area contributed by atoms with Crippen molar-refractivity contribution in [1.29, 1.82) is 0 Å². The molecule has 0 atom stereocenters. The Bertz CT molecular complexity index is 345. The van der Waals surface area contributed by atoms with Gasteiger partial charge in [0.05, 0.1) is 11.4 Å². The normalized spacial score (nSPS) is 9.47. The largest absolute Gasteiger partial charge is 0.397 e. The minimum absolute atomic E-state index is 0. The molecule has 0 saturated heterocycles. The van der Waals surface area contributed by atoms with Crippen LogP contribution in [0.5, 0.6) is 0 Å². The maximum atomic E-state index is 11.4. The van der Waals surface area contributed by atoms with Crippen LogP contribution in [0.1, 0.15) is 19.8 Å².